The second-order valence-electron chi connectivity index (χ2n) is 4.71. The summed E-state index contributed by atoms with van der Waals surface area (Å²) < 4.78 is 59.8. The fourth-order valence-corrected chi connectivity index (χ4v) is 3.56. The molecule has 0 bridgehead atoms. The molecule has 0 fully saturated rings. The largest absolute Gasteiger partial charge is 0.462 e. The van der Waals surface area contributed by atoms with Crippen molar-refractivity contribution in [1.29, 1.82) is 0 Å². The van der Waals surface area contributed by atoms with E-state index in [0.29, 0.717) is 6.07 Å². The van der Waals surface area contributed by atoms with Crippen LogP contribution in [0.5, 0.6) is 0 Å². The number of carbonyl (C=O) groups is 1. The average molecular weight is 347 g/mol. The van der Waals surface area contributed by atoms with Crippen LogP contribution in [0.1, 0.15) is 22.7 Å². The molecule has 1 aromatic heterocycles. The molecule has 0 radical (unpaired) electrons. The molecule has 4 nitrogen and oxygen atoms in total. The average Bonchev–Trinajstić information content (AvgIpc) is 2.49. The summed E-state index contributed by atoms with van der Waals surface area (Å²) in [5.74, 6) is -5.89. The van der Waals surface area contributed by atoms with Gasteiger partial charge in [0.15, 0.2) is 17.5 Å². The van der Waals surface area contributed by atoms with E-state index in [2.05, 4.69) is 0 Å². The van der Waals surface area contributed by atoms with Crippen LogP contribution < -0.4 is 5.43 Å². The van der Waals surface area contributed by atoms with Gasteiger partial charge in [-0.1, -0.05) is 11.8 Å². The summed E-state index contributed by atoms with van der Waals surface area (Å²) in [6.07, 6.45) is 0. The Morgan fingerprint density at radius 1 is 1.35 bits per heavy atom. The molecule has 0 amide bonds. The van der Waals surface area contributed by atoms with Gasteiger partial charge in [-0.25, -0.2) is 22.4 Å². The molecule has 1 aliphatic heterocycles. The van der Waals surface area contributed by atoms with Gasteiger partial charge in [-0.15, -0.1) is 0 Å². The van der Waals surface area contributed by atoms with Crippen molar-refractivity contribution in [3.63, 3.8) is 0 Å². The number of hydrogen-bond donors (Lipinski definition) is 0. The first-order chi connectivity index (χ1) is 10.9. The number of carbonyl (C=O) groups excluding carboxylic acids is 1. The van der Waals surface area contributed by atoms with Crippen molar-refractivity contribution in [2.24, 2.45) is 0 Å². The number of hydrogen-bond acceptors (Lipinski definition) is 4. The standard InChI is InChI=1S/C14H9F4NO3S/c1-2-22-14(21)8-12(20)5-3-6(16)9(17)10(18)11(5)19-7(4-15)23-13(8)19/h3,7H,2,4H2,1H3. The van der Waals surface area contributed by atoms with Gasteiger partial charge in [0.05, 0.1) is 22.5 Å². The third-order valence-electron chi connectivity index (χ3n) is 3.43. The van der Waals surface area contributed by atoms with Crippen LogP contribution in [0, 0.1) is 17.5 Å². The monoisotopic (exact) mass is 347 g/mol. The first-order valence-electron chi connectivity index (χ1n) is 6.57. The van der Waals surface area contributed by atoms with Crippen LogP contribution in [-0.2, 0) is 4.74 Å². The Balaban J connectivity index is 2.44. The molecule has 1 atom stereocenters. The minimum absolute atomic E-state index is 0.0148. The summed E-state index contributed by atoms with van der Waals surface area (Å²) in [4.78, 5) is 24.3. The first-order valence-corrected chi connectivity index (χ1v) is 7.45. The molecule has 0 spiro atoms. The minimum atomic E-state index is -1.76. The van der Waals surface area contributed by atoms with Gasteiger partial charge in [0.1, 0.15) is 17.6 Å². The predicted molar refractivity (Wildman–Crippen MR) is 74.9 cm³/mol. The van der Waals surface area contributed by atoms with Crippen LogP contribution in [0.25, 0.3) is 10.9 Å². The summed E-state index contributed by atoms with van der Waals surface area (Å²) in [7, 11) is 0. The molecule has 2 heterocycles. The van der Waals surface area contributed by atoms with E-state index in [1.807, 2.05) is 0 Å². The molecule has 1 unspecified atom stereocenters. The Labute approximate surface area is 131 Å². The number of esters is 1. The molecular weight excluding hydrogens is 338 g/mol. The van der Waals surface area contributed by atoms with Gasteiger partial charge in [-0.2, -0.15) is 0 Å². The van der Waals surface area contributed by atoms with Crippen molar-refractivity contribution in [2.75, 3.05) is 13.3 Å². The second kappa shape index (κ2) is 5.55. The number of benzene rings is 1. The zero-order valence-electron chi connectivity index (χ0n) is 11.7. The van der Waals surface area contributed by atoms with E-state index < -0.39 is 57.4 Å². The number of ether oxygens (including phenoxy) is 1. The normalized spacial score (nSPS) is 16.1. The fraction of sp³-hybridized carbons (Fsp3) is 0.286. The highest BCUT2D eigenvalue weighted by atomic mass is 32.2. The summed E-state index contributed by atoms with van der Waals surface area (Å²) in [6, 6.07) is 0.504. The van der Waals surface area contributed by atoms with E-state index in [1.54, 1.807) is 0 Å². The van der Waals surface area contributed by atoms with Crippen molar-refractivity contribution < 1.29 is 27.1 Å². The van der Waals surface area contributed by atoms with Crippen molar-refractivity contribution in [3.8, 4) is 0 Å². The van der Waals surface area contributed by atoms with Gasteiger partial charge in [0, 0.05) is 0 Å². The van der Waals surface area contributed by atoms with E-state index in [9.17, 15) is 27.2 Å². The smallest absolute Gasteiger partial charge is 0.344 e. The topological polar surface area (TPSA) is 48.3 Å². The van der Waals surface area contributed by atoms with Crippen molar-refractivity contribution >= 4 is 28.6 Å². The number of nitrogens with zero attached hydrogens (tertiary/aromatic N) is 1. The molecule has 0 aliphatic carbocycles. The van der Waals surface area contributed by atoms with Crippen LogP contribution in [0.3, 0.4) is 0 Å². The van der Waals surface area contributed by atoms with Gasteiger partial charge in [0.25, 0.3) is 0 Å². The number of aromatic nitrogens is 1. The van der Waals surface area contributed by atoms with Crippen molar-refractivity contribution in [1.82, 2.24) is 4.57 Å². The lowest BCUT2D eigenvalue weighted by Gasteiger charge is -2.33. The summed E-state index contributed by atoms with van der Waals surface area (Å²) in [5, 5.41) is -1.49. The lowest BCUT2D eigenvalue weighted by molar-refractivity contribution is 0.0518. The second-order valence-corrected chi connectivity index (χ2v) is 5.88. The van der Waals surface area contributed by atoms with E-state index in [1.165, 1.54) is 6.92 Å². The van der Waals surface area contributed by atoms with Gasteiger partial charge in [-0.05, 0) is 13.0 Å². The van der Waals surface area contributed by atoms with E-state index >= 15 is 0 Å². The van der Waals surface area contributed by atoms with Crippen LogP contribution in [0.2, 0.25) is 0 Å². The highest BCUT2D eigenvalue weighted by molar-refractivity contribution is 8.00. The minimum Gasteiger partial charge on any atom is -0.462 e. The van der Waals surface area contributed by atoms with Crippen LogP contribution >= 0.6 is 11.8 Å². The Morgan fingerprint density at radius 3 is 2.65 bits per heavy atom. The van der Waals surface area contributed by atoms with Crippen LogP contribution in [0.4, 0.5) is 17.6 Å². The van der Waals surface area contributed by atoms with Gasteiger partial charge < -0.3 is 9.30 Å². The predicted octanol–water partition coefficient (Wildman–Crippen LogP) is 3.17. The number of halogens is 4. The van der Waals surface area contributed by atoms with Gasteiger partial charge in [0.2, 0.25) is 5.43 Å². The Kier molecular flexibility index (Phi) is 3.83. The summed E-state index contributed by atoms with van der Waals surface area (Å²) >= 11 is 0.832. The maximum atomic E-state index is 14.1. The Bertz CT molecular complexity index is 896. The lowest BCUT2D eigenvalue weighted by Crippen LogP contribution is -2.31. The zero-order valence-corrected chi connectivity index (χ0v) is 12.5. The molecule has 0 N–H and O–H groups in total. The maximum absolute atomic E-state index is 14.1. The highest BCUT2D eigenvalue weighted by Crippen LogP contribution is 2.47. The molecule has 2 aromatic rings. The number of alkyl halides is 1. The van der Waals surface area contributed by atoms with Crippen LogP contribution in [-0.4, -0.2) is 23.8 Å². The van der Waals surface area contributed by atoms with E-state index in [4.69, 9.17) is 4.74 Å². The van der Waals surface area contributed by atoms with E-state index in [-0.39, 0.29) is 11.6 Å². The fourth-order valence-electron chi connectivity index (χ4n) is 2.45. The summed E-state index contributed by atoms with van der Waals surface area (Å²) in [6.45, 7) is 0.574. The lowest BCUT2D eigenvalue weighted by atomic mass is 10.1. The molecule has 23 heavy (non-hydrogen) atoms. The Hall–Kier alpha value is -2.03. The molecular formula is C14H9F4NO3S. The molecule has 9 heteroatoms. The molecule has 0 saturated carbocycles. The number of rotatable bonds is 3. The van der Waals surface area contributed by atoms with E-state index in [0.717, 1.165) is 16.3 Å². The molecule has 1 aromatic carbocycles. The molecule has 0 saturated heterocycles. The van der Waals surface area contributed by atoms with Gasteiger partial charge >= 0.3 is 5.97 Å². The summed E-state index contributed by atoms with van der Waals surface area (Å²) in [5.41, 5.74) is -1.97. The van der Waals surface area contributed by atoms with Crippen molar-refractivity contribution in [2.45, 2.75) is 17.3 Å². The Morgan fingerprint density at radius 2 is 2.04 bits per heavy atom. The first kappa shape index (κ1) is 15.9. The molecule has 122 valence electrons. The zero-order chi connectivity index (χ0) is 16.9. The third kappa shape index (κ3) is 2.13. The van der Waals surface area contributed by atoms with Gasteiger partial charge in [-0.3, -0.25) is 4.79 Å². The number of fused-ring (bicyclic) bond motifs is 3. The maximum Gasteiger partial charge on any atom is 0.344 e. The van der Waals surface area contributed by atoms with Crippen molar-refractivity contribution in [3.05, 3.63) is 39.3 Å². The number of pyridine rings is 1. The van der Waals surface area contributed by atoms with Crippen LogP contribution in [0.15, 0.2) is 15.9 Å². The number of thioether (sulfide) groups is 1. The molecule has 1 aliphatic rings. The quantitative estimate of drug-likeness (QED) is 0.486. The SMILES string of the molecule is CCOC(=O)c1c2n(c3c(F)c(F)c(F)cc3c1=O)C(CF)S2. The molecule has 3 rings (SSSR count). The highest BCUT2D eigenvalue weighted by Gasteiger charge is 2.37. The third-order valence-corrected chi connectivity index (χ3v) is 4.66.